The third-order valence-corrected chi connectivity index (χ3v) is 4.09. The molecule has 1 aromatic heterocycles. The zero-order valence-electron chi connectivity index (χ0n) is 10.9. The highest BCUT2D eigenvalue weighted by Gasteiger charge is 2.64. The minimum Gasteiger partial charge on any atom is -0.624 e. The molecule has 17 heavy (non-hydrogen) atoms. The first-order chi connectivity index (χ1) is 7.71. The lowest BCUT2D eigenvalue weighted by molar-refractivity contribution is -0.820. The normalized spacial score (nSPS) is 26.6. The third-order valence-electron chi connectivity index (χ3n) is 4.09. The fourth-order valence-corrected chi connectivity index (χ4v) is 2.00. The van der Waals surface area contributed by atoms with Crippen molar-refractivity contribution in [2.75, 3.05) is 0 Å². The van der Waals surface area contributed by atoms with Gasteiger partial charge in [0, 0.05) is 38.0 Å². The standard InChI is InChI=1S/C11H19N4O2/c1-10(2)11(3,4)15(17)9(14(10)16)8-12-6-7-13(8)5/h6-7,14,17H,1-5H3/q+1. The van der Waals surface area contributed by atoms with Gasteiger partial charge in [-0.3, -0.25) is 10.3 Å². The van der Waals surface area contributed by atoms with E-state index in [4.69, 9.17) is 0 Å². The summed E-state index contributed by atoms with van der Waals surface area (Å²) < 4.78 is 2.78. The molecule has 6 nitrogen and oxygen atoms in total. The molecule has 0 saturated carbocycles. The van der Waals surface area contributed by atoms with E-state index in [0.717, 1.165) is 4.74 Å². The van der Waals surface area contributed by atoms with Gasteiger partial charge in [-0.15, -0.1) is 0 Å². The van der Waals surface area contributed by atoms with Crippen molar-refractivity contribution in [2.45, 2.75) is 38.8 Å². The number of hydrogen-bond acceptors (Lipinski definition) is 3. The number of hydrogen-bond donors (Lipinski definition) is 2. The second-order valence-corrected chi connectivity index (χ2v) is 5.54. The van der Waals surface area contributed by atoms with Crippen LogP contribution in [0.25, 0.3) is 0 Å². The van der Waals surface area contributed by atoms with Crippen LogP contribution in [-0.2, 0) is 7.05 Å². The molecule has 0 amide bonds. The maximum atomic E-state index is 12.4. The Balaban J connectivity index is 2.63. The number of nitrogens with zero attached hydrogens (tertiary/aromatic N) is 3. The van der Waals surface area contributed by atoms with Gasteiger partial charge in [0.15, 0.2) is 5.54 Å². The smallest absolute Gasteiger partial charge is 0.454 e. The molecule has 1 unspecified atom stereocenters. The molecule has 6 heteroatoms. The van der Waals surface area contributed by atoms with Gasteiger partial charge in [0.2, 0.25) is 0 Å². The highest BCUT2D eigenvalue weighted by molar-refractivity contribution is 5.85. The number of nitrogens with one attached hydrogen (secondary N) is 1. The van der Waals surface area contributed by atoms with E-state index in [0.29, 0.717) is 5.82 Å². The first-order valence-corrected chi connectivity index (χ1v) is 5.60. The molecule has 0 aromatic carbocycles. The van der Waals surface area contributed by atoms with Crippen molar-refractivity contribution in [3.8, 4) is 0 Å². The molecule has 0 bridgehead atoms. The first-order valence-electron chi connectivity index (χ1n) is 5.60. The molecule has 2 heterocycles. The Morgan fingerprint density at radius 3 is 2.35 bits per heavy atom. The quantitative estimate of drug-likeness (QED) is 0.395. The van der Waals surface area contributed by atoms with Crippen LogP contribution in [0.5, 0.6) is 0 Å². The average molecular weight is 239 g/mol. The van der Waals surface area contributed by atoms with Crippen LogP contribution >= 0.6 is 0 Å². The Morgan fingerprint density at radius 1 is 1.41 bits per heavy atom. The van der Waals surface area contributed by atoms with Crippen LogP contribution in [0.2, 0.25) is 0 Å². The molecule has 94 valence electrons. The maximum absolute atomic E-state index is 12.4. The van der Waals surface area contributed by atoms with Crippen LogP contribution in [-0.4, -0.2) is 36.4 Å². The van der Waals surface area contributed by atoms with E-state index in [1.807, 2.05) is 27.7 Å². The lowest BCUT2D eigenvalue weighted by Gasteiger charge is -2.32. The van der Waals surface area contributed by atoms with Crippen molar-refractivity contribution in [2.24, 2.45) is 7.05 Å². The van der Waals surface area contributed by atoms with Crippen molar-refractivity contribution in [3.63, 3.8) is 0 Å². The zero-order valence-corrected chi connectivity index (χ0v) is 10.9. The highest BCUT2D eigenvalue weighted by atomic mass is 16.5. The number of amidine groups is 1. The number of quaternary nitrogens is 1. The van der Waals surface area contributed by atoms with Gasteiger partial charge in [-0.2, -0.15) is 0 Å². The Bertz CT molecular complexity index is 487. The van der Waals surface area contributed by atoms with Crippen LogP contribution < -0.4 is 5.06 Å². The molecule has 1 aliphatic heterocycles. The predicted octanol–water partition coefficient (Wildman–Crippen LogP) is -0.478. The van der Waals surface area contributed by atoms with Gasteiger partial charge in [0.25, 0.3) is 11.4 Å². The molecular formula is C11H19N4O2+. The topological polar surface area (TPSA) is 68.6 Å². The van der Waals surface area contributed by atoms with E-state index in [1.165, 1.54) is 0 Å². The Hall–Kier alpha value is -1.40. The molecule has 1 atom stereocenters. The van der Waals surface area contributed by atoms with Crippen molar-refractivity contribution in [1.82, 2.24) is 9.55 Å². The zero-order chi connectivity index (χ0) is 13.0. The maximum Gasteiger partial charge on any atom is 0.454 e. The van der Waals surface area contributed by atoms with Gasteiger partial charge >= 0.3 is 5.84 Å². The number of aryl methyl sites for hydroxylation is 1. The number of imidazole rings is 1. The van der Waals surface area contributed by atoms with Crippen LogP contribution in [0.15, 0.2) is 12.4 Å². The molecule has 0 aliphatic carbocycles. The summed E-state index contributed by atoms with van der Waals surface area (Å²) in [5.41, 5.74) is -1.30. The number of aromatic nitrogens is 2. The van der Waals surface area contributed by atoms with Crippen molar-refractivity contribution >= 4 is 5.84 Å². The molecule has 1 aromatic rings. The summed E-state index contributed by atoms with van der Waals surface area (Å²) in [5.74, 6) is 0.767. The van der Waals surface area contributed by atoms with Gasteiger partial charge in [-0.05, 0) is 13.8 Å². The van der Waals surface area contributed by atoms with E-state index in [2.05, 4.69) is 4.98 Å². The number of rotatable bonds is 1. The lowest BCUT2D eigenvalue weighted by atomic mass is 9.84. The monoisotopic (exact) mass is 239 g/mol. The number of hydroxylamine groups is 3. The van der Waals surface area contributed by atoms with Crippen LogP contribution in [0.3, 0.4) is 0 Å². The minimum atomic E-state index is -0.650. The molecule has 0 radical (unpaired) electrons. The molecule has 0 fully saturated rings. The van der Waals surface area contributed by atoms with Crippen LogP contribution in [0.4, 0.5) is 0 Å². The highest BCUT2D eigenvalue weighted by Crippen LogP contribution is 2.25. The lowest BCUT2D eigenvalue weighted by Crippen LogP contribution is -3.17. The van der Waals surface area contributed by atoms with E-state index >= 15 is 0 Å². The summed E-state index contributed by atoms with van der Waals surface area (Å²) in [6, 6.07) is 0. The van der Waals surface area contributed by atoms with E-state index < -0.39 is 11.1 Å². The van der Waals surface area contributed by atoms with Gasteiger partial charge in [0.05, 0.1) is 0 Å². The minimum absolute atomic E-state index is 0.0840. The summed E-state index contributed by atoms with van der Waals surface area (Å²) >= 11 is 0. The van der Waals surface area contributed by atoms with Crippen LogP contribution in [0.1, 0.15) is 33.5 Å². The fraction of sp³-hybridized carbons (Fsp3) is 0.636. The Kier molecular flexibility index (Phi) is 2.34. The fourth-order valence-electron chi connectivity index (χ4n) is 2.00. The second kappa shape index (κ2) is 3.30. The first kappa shape index (κ1) is 12.1. The molecular weight excluding hydrogens is 220 g/mol. The summed E-state index contributed by atoms with van der Waals surface area (Å²) in [4.78, 5) is 4.13. The van der Waals surface area contributed by atoms with Crippen LogP contribution in [0, 0.1) is 5.21 Å². The summed E-state index contributed by atoms with van der Waals surface area (Å²) in [5, 5.41) is 22.6. The summed E-state index contributed by atoms with van der Waals surface area (Å²) in [6.45, 7) is 7.38. The van der Waals surface area contributed by atoms with Crippen molar-refractivity contribution in [1.29, 1.82) is 0 Å². The van der Waals surface area contributed by atoms with Crippen molar-refractivity contribution in [3.05, 3.63) is 23.4 Å². The predicted molar refractivity (Wildman–Crippen MR) is 61.9 cm³/mol. The Labute approximate surface area is 100 Å². The molecule has 2 rings (SSSR count). The van der Waals surface area contributed by atoms with Crippen molar-refractivity contribution < 1.29 is 15.0 Å². The van der Waals surface area contributed by atoms with Gasteiger partial charge in [-0.25, -0.2) is 4.98 Å². The molecule has 0 saturated heterocycles. The van der Waals surface area contributed by atoms with Gasteiger partial charge in [0.1, 0.15) is 0 Å². The third kappa shape index (κ3) is 1.34. The van der Waals surface area contributed by atoms with E-state index in [1.54, 1.807) is 24.0 Å². The summed E-state index contributed by atoms with van der Waals surface area (Å²) in [7, 11) is 1.80. The average Bonchev–Trinajstić information content (AvgIpc) is 2.68. The molecule has 1 aliphatic rings. The second-order valence-electron chi connectivity index (χ2n) is 5.54. The Morgan fingerprint density at radius 2 is 2.00 bits per heavy atom. The summed E-state index contributed by atoms with van der Waals surface area (Å²) in [6.07, 6.45) is 3.36. The van der Waals surface area contributed by atoms with E-state index in [9.17, 15) is 10.4 Å². The molecule has 2 N–H and O–H groups in total. The van der Waals surface area contributed by atoms with Gasteiger partial charge < -0.3 is 9.77 Å². The van der Waals surface area contributed by atoms with Gasteiger partial charge in [-0.1, -0.05) is 0 Å². The molecule has 0 spiro atoms. The SMILES string of the molecule is Cn1ccnc1C1=[N+](O)C(C)(C)C(C)(C)[NH+]1[O-]. The van der Waals surface area contributed by atoms with E-state index in [-0.39, 0.29) is 10.9 Å². The largest absolute Gasteiger partial charge is 0.624 e.